The minimum Gasteiger partial charge on any atom is -0.493 e. The fourth-order valence-corrected chi connectivity index (χ4v) is 8.14. The predicted molar refractivity (Wildman–Crippen MR) is 249 cm³/mol. The monoisotopic (exact) mass is 799 g/mol. The molecule has 0 N–H and O–H groups in total. The maximum Gasteiger partial charge on any atom is 0.302 e. The summed E-state index contributed by atoms with van der Waals surface area (Å²) in [5, 5.41) is 0. The highest BCUT2D eigenvalue weighted by atomic mass is 16.5. The van der Waals surface area contributed by atoms with Crippen LogP contribution in [0.2, 0.25) is 0 Å². The minimum absolute atomic E-state index is 0.240. The SMILES string of the molecule is CCCCCCCCCCCCCCCCCCCCCCOc1ccc(COC(C)=O)c(OCCCCCCCCCCCCCCCCCCCCCC)c1. The van der Waals surface area contributed by atoms with E-state index in [9.17, 15) is 4.79 Å². The summed E-state index contributed by atoms with van der Waals surface area (Å²) in [6.45, 7) is 7.72. The Morgan fingerprint density at radius 3 is 0.965 bits per heavy atom. The number of carbonyl (C=O) groups is 1. The summed E-state index contributed by atoms with van der Waals surface area (Å²) in [5.74, 6) is 1.36. The largest absolute Gasteiger partial charge is 0.493 e. The molecule has 1 aromatic rings. The van der Waals surface area contributed by atoms with Crippen LogP contribution in [0.1, 0.15) is 283 Å². The lowest BCUT2D eigenvalue weighted by molar-refractivity contribution is -0.142. The maximum absolute atomic E-state index is 11.5. The second-order valence-corrected chi connectivity index (χ2v) is 17.7. The van der Waals surface area contributed by atoms with Crippen LogP contribution in [-0.4, -0.2) is 19.2 Å². The summed E-state index contributed by atoms with van der Waals surface area (Å²) < 4.78 is 17.7. The Kier molecular flexibility index (Phi) is 41.0. The Hall–Kier alpha value is -1.71. The van der Waals surface area contributed by atoms with Crippen LogP contribution in [0.4, 0.5) is 0 Å². The van der Waals surface area contributed by atoms with Gasteiger partial charge in [0, 0.05) is 18.6 Å². The number of hydrogen-bond donors (Lipinski definition) is 0. The van der Waals surface area contributed by atoms with Crippen LogP contribution in [0.5, 0.6) is 11.5 Å². The van der Waals surface area contributed by atoms with Crippen LogP contribution < -0.4 is 9.47 Å². The van der Waals surface area contributed by atoms with E-state index in [1.807, 2.05) is 18.2 Å². The third kappa shape index (κ3) is 38.3. The number of benzene rings is 1. The first-order valence-corrected chi connectivity index (χ1v) is 25.7. The highest BCUT2D eigenvalue weighted by Crippen LogP contribution is 2.27. The molecule has 1 aromatic carbocycles. The fourth-order valence-electron chi connectivity index (χ4n) is 8.14. The van der Waals surface area contributed by atoms with Gasteiger partial charge in [-0.25, -0.2) is 0 Å². The summed E-state index contributed by atoms with van der Waals surface area (Å²) in [6.07, 6.45) is 55.6. The zero-order valence-corrected chi connectivity index (χ0v) is 38.8. The van der Waals surface area contributed by atoms with Crippen LogP contribution in [0.3, 0.4) is 0 Å². The predicted octanol–water partition coefficient (Wildman–Crippen LogP) is 18.2. The molecule has 4 nitrogen and oxygen atoms in total. The molecule has 0 fully saturated rings. The van der Waals surface area contributed by atoms with Crippen LogP contribution in [0.25, 0.3) is 0 Å². The van der Waals surface area contributed by atoms with E-state index in [-0.39, 0.29) is 12.6 Å². The number of rotatable bonds is 46. The molecule has 0 amide bonds. The van der Waals surface area contributed by atoms with Gasteiger partial charge in [-0.05, 0) is 25.0 Å². The Bertz CT molecular complexity index is 960. The molecule has 334 valence electrons. The van der Waals surface area contributed by atoms with E-state index in [2.05, 4.69) is 13.8 Å². The smallest absolute Gasteiger partial charge is 0.302 e. The number of carbonyl (C=O) groups excluding carboxylic acids is 1. The third-order valence-corrected chi connectivity index (χ3v) is 12.0. The quantitative estimate of drug-likeness (QED) is 0.0487. The molecular weight excluding hydrogens is 701 g/mol. The molecule has 57 heavy (non-hydrogen) atoms. The molecule has 0 aliphatic carbocycles. The summed E-state index contributed by atoms with van der Waals surface area (Å²) in [5.41, 5.74) is 0.907. The van der Waals surface area contributed by atoms with Gasteiger partial charge in [-0.3, -0.25) is 4.79 Å². The lowest BCUT2D eigenvalue weighted by Gasteiger charge is -2.14. The molecule has 0 aliphatic rings. The molecule has 0 aliphatic heterocycles. The van der Waals surface area contributed by atoms with Crippen LogP contribution >= 0.6 is 0 Å². The van der Waals surface area contributed by atoms with Crippen molar-refractivity contribution in [3.63, 3.8) is 0 Å². The van der Waals surface area contributed by atoms with Crippen molar-refractivity contribution < 1.29 is 19.0 Å². The third-order valence-electron chi connectivity index (χ3n) is 12.0. The topological polar surface area (TPSA) is 44.8 Å². The number of unbranched alkanes of at least 4 members (excludes halogenated alkanes) is 38. The summed E-state index contributed by atoms with van der Waals surface area (Å²) in [7, 11) is 0. The van der Waals surface area contributed by atoms with E-state index < -0.39 is 0 Å². The molecule has 0 heterocycles. The van der Waals surface area contributed by atoms with Crippen LogP contribution in [0.15, 0.2) is 18.2 Å². The second kappa shape index (κ2) is 43.9. The summed E-state index contributed by atoms with van der Waals surface area (Å²) >= 11 is 0. The van der Waals surface area contributed by atoms with Crippen molar-refractivity contribution in [2.45, 2.75) is 284 Å². The minimum atomic E-state index is -0.269. The normalized spacial score (nSPS) is 11.4. The standard InChI is InChI=1S/C53H98O4/c1-4-6-8-10-12-14-16-18-20-22-24-26-28-30-32-34-36-38-40-42-46-55-52-45-44-51(49-57-50(3)54)53(48-52)56-47-43-41-39-37-35-33-31-29-27-25-23-21-19-17-15-13-11-9-7-5-2/h44-45,48H,4-43,46-47,49H2,1-3H3. The van der Waals surface area contributed by atoms with Crippen molar-refractivity contribution in [1.82, 2.24) is 0 Å². The van der Waals surface area contributed by atoms with E-state index in [0.29, 0.717) is 6.61 Å². The Morgan fingerprint density at radius 2 is 0.667 bits per heavy atom. The van der Waals surface area contributed by atoms with Gasteiger partial charge in [-0.1, -0.05) is 258 Å². The van der Waals surface area contributed by atoms with E-state index in [0.717, 1.165) is 36.5 Å². The van der Waals surface area contributed by atoms with E-state index >= 15 is 0 Å². The van der Waals surface area contributed by atoms with E-state index in [1.165, 1.54) is 251 Å². The number of hydrogen-bond acceptors (Lipinski definition) is 4. The molecule has 0 spiro atoms. The van der Waals surface area contributed by atoms with Crippen LogP contribution in [0, 0.1) is 0 Å². The molecule has 4 heteroatoms. The molecule has 0 atom stereocenters. The highest BCUT2D eigenvalue weighted by Gasteiger charge is 2.09. The molecular formula is C53H98O4. The van der Waals surface area contributed by atoms with E-state index in [4.69, 9.17) is 14.2 Å². The first-order chi connectivity index (χ1) is 28.2. The summed E-state index contributed by atoms with van der Waals surface area (Å²) in [4.78, 5) is 11.5. The van der Waals surface area contributed by atoms with Gasteiger partial charge in [0.15, 0.2) is 0 Å². The van der Waals surface area contributed by atoms with Crippen LogP contribution in [-0.2, 0) is 16.1 Å². The van der Waals surface area contributed by atoms with Gasteiger partial charge in [-0.2, -0.15) is 0 Å². The number of ether oxygens (including phenoxy) is 3. The van der Waals surface area contributed by atoms with Gasteiger partial charge in [0.2, 0.25) is 0 Å². The average molecular weight is 799 g/mol. The van der Waals surface area contributed by atoms with Crippen molar-refractivity contribution in [3.05, 3.63) is 23.8 Å². The Morgan fingerprint density at radius 1 is 0.386 bits per heavy atom. The maximum atomic E-state index is 11.5. The highest BCUT2D eigenvalue weighted by molar-refractivity contribution is 5.66. The summed E-state index contributed by atoms with van der Waals surface area (Å²) in [6, 6.07) is 5.97. The van der Waals surface area contributed by atoms with Crippen molar-refractivity contribution in [1.29, 1.82) is 0 Å². The zero-order chi connectivity index (χ0) is 41.0. The van der Waals surface area contributed by atoms with E-state index in [1.54, 1.807) is 0 Å². The van der Waals surface area contributed by atoms with Crippen molar-refractivity contribution in [2.24, 2.45) is 0 Å². The molecule has 1 rings (SSSR count). The van der Waals surface area contributed by atoms with Gasteiger partial charge in [0.05, 0.1) is 13.2 Å². The number of esters is 1. The Labute approximate surface area is 356 Å². The van der Waals surface area contributed by atoms with Crippen molar-refractivity contribution >= 4 is 5.97 Å². The average Bonchev–Trinajstić information content (AvgIpc) is 3.21. The fraction of sp³-hybridized carbons (Fsp3) is 0.868. The second-order valence-electron chi connectivity index (χ2n) is 17.7. The molecule has 0 unspecified atom stereocenters. The lowest BCUT2D eigenvalue weighted by Crippen LogP contribution is -2.05. The first kappa shape index (κ1) is 53.3. The van der Waals surface area contributed by atoms with Gasteiger partial charge in [0.1, 0.15) is 18.1 Å². The molecule has 0 aromatic heterocycles. The molecule has 0 saturated heterocycles. The van der Waals surface area contributed by atoms with Crippen molar-refractivity contribution in [3.8, 4) is 11.5 Å². The van der Waals surface area contributed by atoms with Gasteiger partial charge >= 0.3 is 5.97 Å². The lowest BCUT2D eigenvalue weighted by atomic mass is 10.0. The van der Waals surface area contributed by atoms with Gasteiger partial charge in [0.25, 0.3) is 0 Å². The molecule has 0 saturated carbocycles. The molecule has 0 radical (unpaired) electrons. The van der Waals surface area contributed by atoms with Gasteiger partial charge in [-0.15, -0.1) is 0 Å². The van der Waals surface area contributed by atoms with Crippen molar-refractivity contribution in [2.75, 3.05) is 13.2 Å². The zero-order valence-electron chi connectivity index (χ0n) is 38.8. The first-order valence-electron chi connectivity index (χ1n) is 25.7. The molecule has 0 bridgehead atoms. The Balaban J connectivity index is 2.01. The van der Waals surface area contributed by atoms with Gasteiger partial charge < -0.3 is 14.2 Å².